The molecule has 0 saturated carbocycles. The molecular formula is C13H15FN2S. The summed E-state index contributed by atoms with van der Waals surface area (Å²) in [5.41, 5.74) is 2.11. The first-order chi connectivity index (χ1) is 8.11. The lowest BCUT2D eigenvalue weighted by Crippen LogP contribution is -2.07. The van der Waals surface area contributed by atoms with Crippen molar-refractivity contribution >= 4 is 16.5 Å². The number of benzene rings is 1. The largest absolute Gasteiger partial charge is 0.354 e. The summed E-state index contributed by atoms with van der Waals surface area (Å²) >= 11 is 1.64. The van der Waals surface area contributed by atoms with Crippen molar-refractivity contribution < 1.29 is 4.39 Å². The molecule has 4 heteroatoms. The fourth-order valence-corrected chi connectivity index (χ4v) is 2.68. The molecule has 0 amide bonds. The first kappa shape index (κ1) is 12.0. The van der Waals surface area contributed by atoms with Gasteiger partial charge in [-0.3, -0.25) is 0 Å². The minimum atomic E-state index is -0.204. The zero-order valence-corrected chi connectivity index (χ0v) is 11.0. The molecule has 90 valence electrons. The van der Waals surface area contributed by atoms with Crippen molar-refractivity contribution in [1.29, 1.82) is 0 Å². The second-order valence-electron chi connectivity index (χ2n) is 4.03. The molecule has 0 atom stereocenters. The van der Waals surface area contributed by atoms with Gasteiger partial charge in [-0.1, -0.05) is 30.4 Å². The second kappa shape index (κ2) is 4.84. The molecule has 0 aliphatic heterocycles. The van der Waals surface area contributed by atoms with Crippen molar-refractivity contribution in [3.63, 3.8) is 0 Å². The highest BCUT2D eigenvalue weighted by Gasteiger charge is 2.12. The van der Waals surface area contributed by atoms with Crippen LogP contribution in [0.15, 0.2) is 24.3 Å². The van der Waals surface area contributed by atoms with Crippen LogP contribution in [0.4, 0.5) is 9.52 Å². The van der Waals surface area contributed by atoms with Crippen molar-refractivity contribution in [3.05, 3.63) is 35.8 Å². The molecule has 0 unspecified atom stereocenters. The van der Waals surface area contributed by atoms with Crippen LogP contribution in [0, 0.1) is 5.82 Å². The maximum absolute atomic E-state index is 12.9. The smallest absolute Gasteiger partial charge is 0.185 e. The van der Waals surface area contributed by atoms with Crippen molar-refractivity contribution in [1.82, 2.24) is 4.98 Å². The molecule has 0 saturated heterocycles. The third kappa shape index (κ3) is 2.47. The van der Waals surface area contributed by atoms with E-state index in [1.807, 2.05) is 19.0 Å². The lowest BCUT2D eigenvalue weighted by molar-refractivity contribution is 0.628. The van der Waals surface area contributed by atoms with Gasteiger partial charge in [0.1, 0.15) is 5.82 Å². The highest BCUT2D eigenvalue weighted by atomic mass is 32.1. The maximum atomic E-state index is 12.9. The highest BCUT2D eigenvalue weighted by molar-refractivity contribution is 7.19. The van der Waals surface area contributed by atoms with Crippen LogP contribution in [0.3, 0.4) is 0 Å². The van der Waals surface area contributed by atoms with Gasteiger partial charge in [-0.05, 0) is 24.1 Å². The first-order valence-electron chi connectivity index (χ1n) is 5.54. The van der Waals surface area contributed by atoms with E-state index < -0.39 is 0 Å². The molecule has 0 bridgehead atoms. The van der Waals surface area contributed by atoms with Crippen LogP contribution in [-0.4, -0.2) is 19.1 Å². The van der Waals surface area contributed by atoms with Gasteiger partial charge in [0.15, 0.2) is 5.13 Å². The van der Waals surface area contributed by atoms with Crippen molar-refractivity contribution in [2.75, 3.05) is 19.0 Å². The van der Waals surface area contributed by atoms with E-state index in [-0.39, 0.29) is 5.82 Å². The van der Waals surface area contributed by atoms with Crippen molar-refractivity contribution in [2.45, 2.75) is 13.3 Å². The summed E-state index contributed by atoms with van der Waals surface area (Å²) in [6.45, 7) is 2.08. The monoisotopic (exact) mass is 250 g/mol. The van der Waals surface area contributed by atoms with Gasteiger partial charge >= 0.3 is 0 Å². The van der Waals surface area contributed by atoms with Gasteiger partial charge in [0.05, 0.1) is 10.6 Å². The van der Waals surface area contributed by atoms with Crippen LogP contribution in [0.2, 0.25) is 0 Å². The quantitative estimate of drug-likeness (QED) is 0.827. The average Bonchev–Trinajstić information content (AvgIpc) is 2.74. The van der Waals surface area contributed by atoms with E-state index in [1.165, 1.54) is 12.1 Å². The first-order valence-corrected chi connectivity index (χ1v) is 6.36. The Balaban J connectivity index is 2.46. The van der Waals surface area contributed by atoms with Crippen LogP contribution in [0.5, 0.6) is 0 Å². The molecule has 0 N–H and O–H groups in total. The summed E-state index contributed by atoms with van der Waals surface area (Å²) < 4.78 is 12.9. The molecule has 0 aliphatic rings. The third-order valence-corrected chi connectivity index (χ3v) is 3.82. The molecule has 17 heavy (non-hydrogen) atoms. The number of nitrogens with zero attached hydrogens (tertiary/aromatic N) is 2. The molecule has 1 heterocycles. The summed E-state index contributed by atoms with van der Waals surface area (Å²) in [6, 6.07) is 6.59. The zero-order valence-electron chi connectivity index (χ0n) is 10.2. The summed E-state index contributed by atoms with van der Waals surface area (Å²) in [7, 11) is 3.96. The number of hydrogen-bond donors (Lipinski definition) is 0. The zero-order chi connectivity index (χ0) is 12.4. The number of hydrogen-bond acceptors (Lipinski definition) is 3. The van der Waals surface area contributed by atoms with Gasteiger partial charge in [-0.25, -0.2) is 9.37 Å². The van der Waals surface area contributed by atoms with Gasteiger partial charge in [0.25, 0.3) is 0 Å². The number of anilines is 1. The van der Waals surface area contributed by atoms with E-state index in [1.54, 1.807) is 23.5 Å². The molecule has 2 nitrogen and oxygen atoms in total. The third-order valence-electron chi connectivity index (χ3n) is 2.51. The molecule has 2 rings (SSSR count). The maximum Gasteiger partial charge on any atom is 0.185 e. The van der Waals surface area contributed by atoms with Crippen LogP contribution >= 0.6 is 11.3 Å². The topological polar surface area (TPSA) is 16.1 Å². The summed E-state index contributed by atoms with van der Waals surface area (Å²) in [6.07, 6.45) is 0.886. The normalized spacial score (nSPS) is 10.6. The van der Waals surface area contributed by atoms with Gasteiger partial charge in [0, 0.05) is 14.1 Å². The minimum absolute atomic E-state index is 0.204. The fourth-order valence-electron chi connectivity index (χ4n) is 1.60. The Hall–Kier alpha value is -1.42. The number of halogens is 1. The predicted octanol–water partition coefficient (Wildman–Crippen LogP) is 3.58. The Bertz CT molecular complexity index is 503. The molecule has 1 aromatic heterocycles. The molecule has 1 aromatic carbocycles. The average molecular weight is 250 g/mol. The van der Waals surface area contributed by atoms with E-state index in [9.17, 15) is 4.39 Å². The Morgan fingerprint density at radius 1 is 1.24 bits per heavy atom. The van der Waals surface area contributed by atoms with E-state index in [0.29, 0.717) is 0 Å². The number of thiazole rings is 1. The second-order valence-corrected chi connectivity index (χ2v) is 5.00. The lowest BCUT2D eigenvalue weighted by atomic mass is 10.1. The Labute approximate surface area is 105 Å². The summed E-state index contributed by atoms with van der Waals surface area (Å²) in [5, 5.41) is 0.987. The predicted molar refractivity (Wildman–Crippen MR) is 71.2 cm³/mol. The highest BCUT2D eigenvalue weighted by Crippen LogP contribution is 2.34. The molecule has 2 aromatic rings. The van der Waals surface area contributed by atoms with Gasteiger partial charge in [-0.2, -0.15) is 0 Å². The van der Waals surface area contributed by atoms with Crippen LogP contribution < -0.4 is 4.90 Å². The number of rotatable bonds is 3. The van der Waals surface area contributed by atoms with Crippen molar-refractivity contribution in [2.24, 2.45) is 0 Å². The minimum Gasteiger partial charge on any atom is -0.354 e. The fraction of sp³-hybridized carbons (Fsp3) is 0.308. The van der Waals surface area contributed by atoms with E-state index in [2.05, 4.69) is 11.9 Å². The van der Waals surface area contributed by atoms with Crippen LogP contribution in [0.25, 0.3) is 10.4 Å². The molecule has 0 radical (unpaired) electrons. The summed E-state index contributed by atoms with van der Waals surface area (Å²) in [5.74, 6) is -0.204. The molecular weight excluding hydrogens is 235 g/mol. The van der Waals surface area contributed by atoms with E-state index >= 15 is 0 Å². The molecule has 0 spiro atoms. The van der Waals surface area contributed by atoms with E-state index in [4.69, 9.17) is 0 Å². The van der Waals surface area contributed by atoms with Gasteiger partial charge in [-0.15, -0.1) is 0 Å². The van der Waals surface area contributed by atoms with Gasteiger partial charge in [0.2, 0.25) is 0 Å². The van der Waals surface area contributed by atoms with Crippen LogP contribution in [0.1, 0.15) is 12.6 Å². The Morgan fingerprint density at radius 3 is 2.41 bits per heavy atom. The lowest BCUT2D eigenvalue weighted by Gasteiger charge is -2.05. The molecule has 0 fully saturated rings. The Morgan fingerprint density at radius 2 is 1.88 bits per heavy atom. The van der Waals surface area contributed by atoms with Gasteiger partial charge < -0.3 is 4.90 Å². The molecule has 0 aliphatic carbocycles. The SMILES string of the molecule is CCc1nc(N(C)C)sc1-c1ccc(F)cc1. The van der Waals surface area contributed by atoms with Crippen LogP contribution in [-0.2, 0) is 6.42 Å². The summed E-state index contributed by atoms with van der Waals surface area (Å²) in [4.78, 5) is 7.71. The number of aromatic nitrogens is 1. The van der Waals surface area contributed by atoms with Crippen molar-refractivity contribution in [3.8, 4) is 10.4 Å². The standard InChI is InChI=1S/C13H15FN2S/c1-4-11-12(17-13(15-11)16(2)3)9-5-7-10(14)8-6-9/h5-8H,4H2,1-3H3. The Kier molecular flexibility index (Phi) is 3.43. The van der Waals surface area contributed by atoms with E-state index in [0.717, 1.165) is 27.7 Å². The number of aryl methyl sites for hydroxylation is 1.